The molecule has 44 heavy (non-hydrogen) atoms. The lowest BCUT2D eigenvalue weighted by molar-refractivity contribution is -0.130. The SMILES string of the molecule is CCC(=O)NC(Cc1ccc(C2=NCCN2C)cc1)C(=O)NCC(=O)NC(Cc1c[nH]c2ccccc12)C(=O)c1nccs1. The zero-order chi connectivity index (χ0) is 31.1. The van der Waals surface area contributed by atoms with Crippen LogP contribution >= 0.6 is 11.3 Å². The highest BCUT2D eigenvalue weighted by atomic mass is 32.1. The predicted octanol–water partition coefficient (Wildman–Crippen LogP) is 2.48. The maximum Gasteiger partial charge on any atom is 0.243 e. The maximum atomic E-state index is 13.3. The third kappa shape index (κ3) is 7.38. The number of aromatic amines is 1. The Morgan fingerprint density at radius 3 is 2.48 bits per heavy atom. The van der Waals surface area contributed by atoms with Gasteiger partial charge in [0.15, 0.2) is 5.01 Å². The van der Waals surface area contributed by atoms with Crippen molar-refractivity contribution in [3.05, 3.63) is 88.0 Å². The lowest BCUT2D eigenvalue weighted by atomic mass is 10.0. The van der Waals surface area contributed by atoms with Crippen molar-refractivity contribution >= 4 is 51.6 Å². The molecule has 11 nitrogen and oxygen atoms in total. The number of hydrogen-bond acceptors (Lipinski definition) is 8. The average Bonchev–Trinajstić information content (AvgIpc) is 3.81. The molecule has 0 aliphatic carbocycles. The molecule has 2 atom stereocenters. The van der Waals surface area contributed by atoms with Crippen LogP contribution in [0.3, 0.4) is 0 Å². The largest absolute Gasteiger partial charge is 0.361 e. The van der Waals surface area contributed by atoms with Crippen LogP contribution in [-0.4, -0.2) is 83.0 Å². The first kappa shape index (κ1) is 30.6. The van der Waals surface area contributed by atoms with Gasteiger partial charge in [0, 0.05) is 67.1 Å². The number of nitrogens with one attached hydrogen (secondary N) is 4. The molecule has 12 heteroatoms. The highest BCUT2D eigenvalue weighted by molar-refractivity contribution is 7.11. The van der Waals surface area contributed by atoms with Crippen LogP contribution in [0.1, 0.15) is 39.8 Å². The van der Waals surface area contributed by atoms with Crippen LogP contribution in [0.2, 0.25) is 0 Å². The normalized spacial score (nSPS) is 14.1. The van der Waals surface area contributed by atoms with Gasteiger partial charge < -0.3 is 25.8 Å². The molecule has 1 aliphatic rings. The van der Waals surface area contributed by atoms with Gasteiger partial charge in [-0.25, -0.2) is 4.98 Å². The molecule has 0 bridgehead atoms. The van der Waals surface area contributed by atoms with Crippen molar-refractivity contribution in [2.24, 2.45) is 4.99 Å². The zero-order valence-electron chi connectivity index (χ0n) is 24.6. The molecule has 0 spiro atoms. The van der Waals surface area contributed by atoms with Crippen LogP contribution in [0.25, 0.3) is 10.9 Å². The number of thiazole rings is 1. The van der Waals surface area contributed by atoms with Gasteiger partial charge in [0.05, 0.1) is 19.1 Å². The van der Waals surface area contributed by atoms with Crippen LogP contribution in [0.15, 0.2) is 71.3 Å². The van der Waals surface area contributed by atoms with Crippen molar-refractivity contribution in [3.63, 3.8) is 0 Å². The second-order valence-electron chi connectivity index (χ2n) is 10.6. The van der Waals surface area contributed by atoms with Crippen LogP contribution in [-0.2, 0) is 27.2 Å². The summed E-state index contributed by atoms with van der Waals surface area (Å²) >= 11 is 1.20. The number of hydrogen-bond donors (Lipinski definition) is 4. The summed E-state index contributed by atoms with van der Waals surface area (Å²) in [5.74, 6) is -0.686. The van der Waals surface area contributed by atoms with Gasteiger partial charge in [-0.1, -0.05) is 49.4 Å². The number of amidine groups is 1. The first-order chi connectivity index (χ1) is 21.3. The molecule has 228 valence electrons. The number of aliphatic imine (C=N–C) groups is 1. The van der Waals surface area contributed by atoms with Crippen molar-refractivity contribution in [1.29, 1.82) is 0 Å². The van der Waals surface area contributed by atoms with Gasteiger partial charge in [-0.2, -0.15) is 0 Å². The van der Waals surface area contributed by atoms with Gasteiger partial charge in [0.2, 0.25) is 23.5 Å². The first-order valence-electron chi connectivity index (χ1n) is 14.5. The highest BCUT2D eigenvalue weighted by Crippen LogP contribution is 2.21. The van der Waals surface area contributed by atoms with Crippen molar-refractivity contribution in [2.75, 3.05) is 26.7 Å². The zero-order valence-corrected chi connectivity index (χ0v) is 25.4. The summed E-state index contributed by atoms with van der Waals surface area (Å²) in [6, 6.07) is 13.7. The summed E-state index contributed by atoms with van der Waals surface area (Å²) in [6.45, 7) is 2.98. The molecule has 4 aromatic rings. The minimum Gasteiger partial charge on any atom is -0.361 e. The maximum absolute atomic E-state index is 13.3. The molecule has 2 unspecified atom stereocenters. The molecule has 2 aromatic carbocycles. The van der Waals surface area contributed by atoms with Gasteiger partial charge >= 0.3 is 0 Å². The minimum atomic E-state index is -0.887. The number of amides is 3. The number of Topliss-reactive ketones (excluding diaryl/α,β-unsaturated/α-hetero) is 1. The fraction of sp³-hybridized carbons (Fsp3) is 0.312. The van der Waals surface area contributed by atoms with Crippen molar-refractivity contribution in [1.82, 2.24) is 30.8 Å². The molecule has 5 rings (SSSR count). The van der Waals surface area contributed by atoms with Crippen LogP contribution in [0.4, 0.5) is 0 Å². The summed E-state index contributed by atoms with van der Waals surface area (Å²) in [7, 11) is 2.00. The molecule has 3 amide bonds. The van der Waals surface area contributed by atoms with E-state index in [9.17, 15) is 19.2 Å². The standard InChI is InChI=1S/C32H35N7O4S/c1-3-27(40)38-26(16-20-8-10-21(11-9-20)30-33-12-14-39(30)2)31(43)36-19-28(41)37-25(29(42)32-34-13-15-44-32)17-22-18-35-24-7-5-4-6-23(22)24/h4-11,13,15,18,25-26,35H,3,12,14,16-17,19H2,1-2H3,(H,36,43)(H,37,41)(H,38,40). The highest BCUT2D eigenvalue weighted by Gasteiger charge is 2.27. The summed E-state index contributed by atoms with van der Waals surface area (Å²) in [5.41, 5.74) is 3.64. The van der Waals surface area contributed by atoms with Gasteiger partial charge in [-0.3, -0.25) is 24.2 Å². The number of ketones is 1. The quantitative estimate of drug-likeness (QED) is 0.170. The second-order valence-corrected chi connectivity index (χ2v) is 11.5. The molecule has 0 radical (unpaired) electrons. The Bertz CT molecular complexity index is 1660. The van der Waals surface area contributed by atoms with E-state index in [1.807, 2.05) is 61.8 Å². The molecule has 2 aromatic heterocycles. The molecule has 0 fully saturated rings. The summed E-state index contributed by atoms with van der Waals surface area (Å²) in [4.78, 5) is 65.8. The number of rotatable bonds is 13. The van der Waals surface area contributed by atoms with Crippen molar-refractivity contribution < 1.29 is 19.2 Å². The van der Waals surface area contributed by atoms with E-state index >= 15 is 0 Å². The molecule has 4 N–H and O–H groups in total. The number of carbonyl (C=O) groups is 4. The molecular weight excluding hydrogens is 578 g/mol. The average molecular weight is 614 g/mol. The number of carbonyl (C=O) groups excluding carboxylic acids is 4. The van der Waals surface area contributed by atoms with E-state index in [0.717, 1.165) is 46.5 Å². The van der Waals surface area contributed by atoms with Crippen LogP contribution < -0.4 is 16.0 Å². The Balaban J connectivity index is 1.24. The number of aromatic nitrogens is 2. The molecule has 0 saturated heterocycles. The fourth-order valence-electron chi connectivity index (χ4n) is 5.14. The number of nitrogens with zero attached hydrogens (tertiary/aromatic N) is 3. The summed E-state index contributed by atoms with van der Waals surface area (Å²) < 4.78 is 0. The molecule has 1 aliphatic heterocycles. The van der Waals surface area contributed by atoms with E-state index < -0.39 is 23.9 Å². The monoisotopic (exact) mass is 613 g/mol. The minimum absolute atomic E-state index is 0.212. The van der Waals surface area contributed by atoms with Gasteiger partial charge in [-0.15, -0.1) is 11.3 Å². The predicted molar refractivity (Wildman–Crippen MR) is 170 cm³/mol. The van der Waals surface area contributed by atoms with E-state index in [2.05, 4.69) is 35.8 Å². The van der Waals surface area contributed by atoms with Crippen molar-refractivity contribution in [2.45, 2.75) is 38.3 Å². The van der Waals surface area contributed by atoms with Crippen LogP contribution in [0, 0.1) is 0 Å². The van der Waals surface area contributed by atoms with Gasteiger partial charge in [-0.05, 0) is 17.2 Å². The van der Waals surface area contributed by atoms with E-state index in [4.69, 9.17) is 0 Å². The molecule has 3 heterocycles. The van der Waals surface area contributed by atoms with E-state index in [-0.39, 0.29) is 37.5 Å². The van der Waals surface area contributed by atoms with Gasteiger partial charge in [0.1, 0.15) is 11.9 Å². The number of fused-ring (bicyclic) bond motifs is 1. The van der Waals surface area contributed by atoms with Crippen LogP contribution in [0.5, 0.6) is 0 Å². The lowest BCUT2D eigenvalue weighted by Crippen LogP contribution is -2.51. The smallest absolute Gasteiger partial charge is 0.243 e. The van der Waals surface area contributed by atoms with E-state index in [1.165, 1.54) is 11.3 Å². The Labute approximate surface area is 259 Å². The number of benzene rings is 2. The fourth-order valence-corrected chi connectivity index (χ4v) is 5.77. The summed E-state index contributed by atoms with van der Waals surface area (Å²) in [6.07, 6.45) is 4.07. The molecular formula is C32H35N7O4S. The topological polar surface area (TPSA) is 149 Å². The van der Waals surface area contributed by atoms with Crippen molar-refractivity contribution in [3.8, 4) is 0 Å². The number of likely N-dealkylation sites (N-methyl/N-ethyl adjacent to an activating group) is 1. The Morgan fingerprint density at radius 2 is 1.77 bits per heavy atom. The third-order valence-corrected chi connectivity index (χ3v) is 8.29. The van der Waals surface area contributed by atoms with E-state index in [0.29, 0.717) is 5.01 Å². The Hall–Kier alpha value is -4.84. The Morgan fingerprint density at radius 1 is 1.00 bits per heavy atom. The number of H-pyrrole nitrogens is 1. The van der Waals surface area contributed by atoms with E-state index in [1.54, 1.807) is 18.5 Å². The molecule has 0 saturated carbocycles. The van der Waals surface area contributed by atoms with Gasteiger partial charge in [0.25, 0.3) is 0 Å². The first-order valence-corrected chi connectivity index (χ1v) is 15.4. The second kappa shape index (κ2) is 14.1. The number of para-hydroxylation sites is 1. The Kier molecular flexibility index (Phi) is 9.80. The lowest BCUT2D eigenvalue weighted by Gasteiger charge is -2.20. The third-order valence-electron chi connectivity index (χ3n) is 7.50. The summed E-state index contributed by atoms with van der Waals surface area (Å²) in [5, 5.41) is 11.1.